The molecule has 3 nitrogen and oxygen atoms in total. The minimum Gasteiger partial charge on any atom is -0.350 e. The molecular weight excluding hydrogens is 245 g/mol. The van der Waals surface area contributed by atoms with Crippen molar-refractivity contribution >= 4 is 5.78 Å². The molecule has 0 unspecified atom stereocenters. The van der Waals surface area contributed by atoms with Crippen LogP contribution in [0.4, 0.5) is 0 Å². The molecule has 1 radical (unpaired) electrons. The van der Waals surface area contributed by atoms with E-state index in [-0.39, 0.29) is 38.5 Å². The van der Waals surface area contributed by atoms with E-state index in [0.29, 0.717) is 26.1 Å². The van der Waals surface area contributed by atoms with Gasteiger partial charge in [-0.2, -0.15) is 6.92 Å². The number of hydrogen-bond donors (Lipinski definition) is 0. The molecular formula is C9H13O3Y-. The molecule has 2 rings (SSSR count). The molecule has 0 amide bonds. The largest absolute Gasteiger partial charge is 0.350 e. The van der Waals surface area contributed by atoms with Gasteiger partial charge >= 0.3 is 0 Å². The minimum atomic E-state index is -0.433. The normalized spacial score (nSPS) is 26.2. The fourth-order valence-electron chi connectivity index (χ4n) is 1.85. The van der Waals surface area contributed by atoms with Gasteiger partial charge in [0.1, 0.15) is 5.79 Å². The molecule has 0 N–H and O–H groups in total. The smallest absolute Gasteiger partial charge is 0.144 e. The molecule has 0 aromatic rings. The van der Waals surface area contributed by atoms with Crippen LogP contribution in [0.1, 0.15) is 26.2 Å². The summed E-state index contributed by atoms with van der Waals surface area (Å²) in [6, 6.07) is 0. The number of ketones is 1. The number of ether oxygens (including phenoxy) is 2. The van der Waals surface area contributed by atoms with Crippen LogP contribution in [-0.4, -0.2) is 24.8 Å². The van der Waals surface area contributed by atoms with Gasteiger partial charge in [-0.1, -0.05) is 0 Å². The Morgan fingerprint density at radius 3 is 2.54 bits per heavy atom. The molecule has 0 bridgehead atoms. The maximum Gasteiger partial charge on any atom is 0.144 e. The molecule has 0 aromatic carbocycles. The van der Waals surface area contributed by atoms with Gasteiger partial charge in [0.2, 0.25) is 0 Å². The number of Topliss-reactive ketones (excluding diaryl/α,β-unsaturated/α-hetero) is 1. The van der Waals surface area contributed by atoms with E-state index in [2.05, 4.69) is 0 Å². The van der Waals surface area contributed by atoms with Crippen molar-refractivity contribution in [3.8, 4) is 0 Å². The van der Waals surface area contributed by atoms with E-state index in [9.17, 15) is 4.79 Å². The Balaban J connectivity index is 0.000000845. The quantitative estimate of drug-likeness (QED) is 0.610. The zero-order valence-corrected chi connectivity index (χ0v) is 10.7. The predicted octanol–water partition coefficient (Wildman–Crippen LogP) is 1.07. The van der Waals surface area contributed by atoms with Crippen molar-refractivity contribution in [2.75, 3.05) is 13.2 Å². The zero-order valence-electron chi connectivity index (χ0n) is 7.84. The van der Waals surface area contributed by atoms with E-state index in [4.69, 9.17) is 9.47 Å². The van der Waals surface area contributed by atoms with E-state index in [1.165, 1.54) is 0 Å². The molecule has 1 aliphatic carbocycles. The maximum atomic E-state index is 11.2. The van der Waals surface area contributed by atoms with Gasteiger partial charge in [0.15, 0.2) is 0 Å². The van der Waals surface area contributed by atoms with Crippen LogP contribution in [0.2, 0.25) is 0 Å². The van der Waals surface area contributed by atoms with Crippen LogP contribution >= 0.6 is 0 Å². The monoisotopic (exact) mass is 258 g/mol. The van der Waals surface area contributed by atoms with Crippen molar-refractivity contribution in [3.63, 3.8) is 0 Å². The summed E-state index contributed by atoms with van der Waals surface area (Å²) in [7, 11) is 0. The van der Waals surface area contributed by atoms with Crippen LogP contribution in [0.5, 0.6) is 0 Å². The summed E-state index contributed by atoms with van der Waals surface area (Å²) in [6.07, 6.45) is 1.96. The third-order valence-electron chi connectivity index (χ3n) is 2.56. The van der Waals surface area contributed by atoms with Crippen molar-refractivity contribution in [3.05, 3.63) is 5.92 Å². The van der Waals surface area contributed by atoms with Gasteiger partial charge in [-0.05, 0) is 6.42 Å². The van der Waals surface area contributed by atoms with Crippen molar-refractivity contribution in [2.45, 2.75) is 32.0 Å². The second-order valence-electron chi connectivity index (χ2n) is 3.49. The average molecular weight is 258 g/mol. The molecule has 1 saturated heterocycles. The first-order chi connectivity index (χ1) is 5.72. The molecule has 71 valence electrons. The molecule has 13 heavy (non-hydrogen) atoms. The Morgan fingerprint density at radius 1 is 1.38 bits per heavy atom. The predicted molar refractivity (Wildman–Crippen MR) is 42.4 cm³/mol. The summed E-state index contributed by atoms with van der Waals surface area (Å²) in [5.74, 6) is 0.723. The molecule has 0 atom stereocenters. The van der Waals surface area contributed by atoms with Crippen LogP contribution in [0.15, 0.2) is 0 Å². The number of carbonyl (C=O) groups is 1. The van der Waals surface area contributed by atoms with Crippen molar-refractivity contribution in [2.24, 2.45) is 0 Å². The van der Waals surface area contributed by atoms with E-state index in [1.54, 1.807) is 0 Å². The van der Waals surface area contributed by atoms with E-state index in [0.717, 1.165) is 12.3 Å². The molecule has 4 heteroatoms. The Labute approximate surface area is 103 Å². The van der Waals surface area contributed by atoms with Gasteiger partial charge < -0.3 is 20.2 Å². The van der Waals surface area contributed by atoms with Gasteiger partial charge in [0, 0.05) is 44.9 Å². The van der Waals surface area contributed by atoms with Gasteiger partial charge in [-0.15, -0.1) is 6.42 Å². The van der Waals surface area contributed by atoms with Gasteiger partial charge in [0.25, 0.3) is 0 Å². The topological polar surface area (TPSA) is 35.5 Å². The van der Waals surface area contributed by atoms with Gasteiger partial charge in [-0.25, -0.2) is 0 Å². The molecule has 0 aromatic heterocycles. The summed E-state index contributed by atoms with van der Waals surface area (Å²) in [5.41, 5.74) is 0. The van der Waals surface area contributed by atoms with Crippen LogP contribution in [0.25, 0.3) is 0 Å². The zero-order chi connectivity index (χ0) is 8.60. The number of hydrogen-bond acceptors (Lipinski definition) is 3. The molecule has 1 aliphatic heterocycles. The standard InChI is InChI=1S/C9H13O3.Y/c1-7-6-9(3-2-8(7)10)11-4-5-12-9;/h2-6H2,1H3;/q-1;. The summed E-state index contributed by atoms with van der Waals surface area (Å²) in [5, 5.41) is 0. The summed E-state index contributed by atoms with van der Waals surface area (Å²) >= 11 is 0. The molecule has 1 saturated carbocycles. The fourth-order valence-corrected chi connectivity index (χ4v) is 1.85. The van der Waals surface area contributed by atoms with Crippen molar-refractivity contribution < 1.29 is 47.0 Å². The third-order valence-corrected chi connectivity index (χ3v) is 2.56. The van der Waals surface area contributed by atoms with Crippen LogP contribution < -0.4 is 0 Å². The Kier molecular flexibility index (Phi) is 3.93. The summed E-state index contributed by atoms with van der Waals surface area (Å²) in [6.45, 7) is 3.21. The molecule has 1 spiro atoms. The molecule has 1 heterocycles. The first-order valence-corrected chi connectivity index (χ1v) is 4.35. The third kappa shape index (κ3) is 2.32. The van der Waals surface area contributed by atoms with E-state index in [1.807, 2.05) is 6.92 Å². The Morgan fingerprint density at radius 2 is 2.00 bits per heavy atom. The molecule has 2 fully saturated rings. The van der Waals surface area contributed by atoms with E-state index >= 15 is 0 Å². The maximum absolute atomic E-state index is 11.2. The molecule has 2 aliphatic rings. The minimum absolute atomic E-state index is 0. The van der Waals surface area contributed by atoms with E-state index < -0.39 is 5.79 Å². The van der Waals surface area contributed by atoms with Gasteiger partial charge in [-0.3, -0.25) is 0 Å². The van der Waals surface area contributed by atoms with Crippen LogP contribution in [0, 0.1) is 5.92 Å². The Hall–Kier alpha value is 0.564. The SMILES string of the molecule is C[C-]1CC2(CCC1=O)OCCO2.[Y]. The second kappa shape index (κ2) is 4.39. The summed E-state index contributed by atoms with van der Waals surface area (Å²) in [4.78, 5) is 11.2. The second-order valence-corrected chi connectivity index (χ2v) is 3.49. The average Bonchev–Trinajstić information content (AvgIpc) is 2.47. The summed E-state index contributed by atoms with van der Waals surface area (Å²) < 4.78 is 11.0. The van der Waals surface area contributed by atoms with Crippen LogP contribution in [-0.2, 0) is 47.0 Å². The number of rotatable bonds is 0. The van der Waals surface area contributed by atoms with Crippen LogP contribution in [0.3, 0.4) is 0 Å². The van der Waals surface area contributed by atoms with Crippen molar-refractivity contribution in [1.29, 1.82) is 0 Å². The number of carbonyl (C=O) groups excluding carboxylic acids is 1. The first-order valence-electron chi connectivity index (χ1n) is 4.35. The fraction of sp³-hybridized carbons (Fsp3) is 0.778. The first kappa shape index (κ1) is 11.6. The van der Waals surface area contributed by atoms with Gasteiger partial charge in [0.05, 0.1) is 13.2 Å². The Bertz CT molecular complexity index is 199. The van der Waals surface area contributed by atoms with Crippen molar-refractivity contribution in [1.82, 2.24) is 0 Å².